The molecule has 0 aliphatic carbocycles. The molecule has 3 rings (SSSR count). The van der Waals surface area contributed by atoms with E-state index in [2.05, 4.69) is 54.6 Å². The zero-order valence-corrected chi connectivity index (χ0v) is 11.9. The summed E-state index contributed by atoms with van der Waals surface area (Å²) in [5.74, 6) is 6.05. The van der Waals surface area contributed by atoms with Crippen LogP contribution in [0.4, 0.5) is 0 Å². The smallest absolute Gasteiger partial charge is 0.205 e. The van der Waals surface area contributed by atoms with Crippen LogP contribution in [-0.2, 0) is 12.8 Å². The van der Waals surface area contributed by atoms with E-state index in [4.69, 9.17) is 5.84 Å². The van der Waals surface area contributed by atoms with Gasteiger partial charge in [0.1, 0.15) is 0 Å². The summed E-state index contributed by atoms with van der Waals surface area (Å²) < 4.78 is 1.68. The fourth-order valence-electron chi connectivity index (χ4n) is 2.48. The van der Waals surface area contributed by atoms with Crippen LogP contribution in [-0.4, -0.2) is 0 Å². The Morgan fingerprint density at radius 1 is 0.714 bits per heavy atom. The summed E-state index contributed by atoms with van der Waals surface area (Å²) in [5, 5.41) is 0. The molecule has 0 aliphatic rings. The Labute approximate surface area is 125 Å². The average molecular weight is 275 g/mol. The van der Waals surface area contributed by atoms with Crippen molar-refractivity contribution in [1.29, 1.82) is 0 Å². The van der Waals surface area contributed by atoms with Crippen LogP contribution in [0.3, 0.4) is 0 Å². The van der Waals surface area contributed by atoms with Crippen LogP contribution in [0.2, 0.25) is 0 Å². The quantitative estimate of drug-likeness (QED) is 0.575. The summed E-state index contributed by atoms with van der Waals surface area (Å²) in [5.41, 5.74) is 4.85. The maximum absolute atomic E-state index is 6.05. The fraction of sp³-hybridized carbons (Fsp3) is 0.105. The monoisotopic (exact) mass is 275 g/mol. The molecular formula is C19H19N2+. The molecule has 0 amide bonds. The van der Waals surface area contributed by atoms with Crippen molar-refractivity contribution in [2.75, 3.05) is 5.84 Å². The van der Waals surface area contributed by atoms with E-state index >= 15 is 0 Å². The van der Waals surface area contributed by atoms with Crippen molar-refractivity contribution in [1.82, 2.24) is 0 Å². The van der Waals surface area contributed by atoms with E-state index in [0.29, 0.717) is 0 Å². The number of rotatable bonds is 4. The summed E-state index contributed by atoms with van der Waals surface area (Å²) in [6, 6.07) is 25.1. The van der Waals surface area contributed by atoms with Gasteiger partial charge >= 0.3 is 0 Å². The maximum atomic E-state index is 6.05. The lowest BCUT2D eigenvalue weighted by atomic mass is 10.0. The SMILES string of the molecule is N[n+]1ccc(CCc2ccccc2)cc1-c1ccccc1. The van der Waals surface area contributed by atoms with E-state index in [1.165, 1.54) is 11.1 Å². The van der Waals surface area contributed by atoms with E-state index < -0.39 is 0 Å². The summed E-state index contributed by atoms with van der Waals surface area (Å²) >= 11 is 0. The molecule has 3 aromatic rings. The first-order chi connectivity index (χ1) is 10.3. The van der Waals surface area contributed by atoms with Crippen molar-refractivity contribution in [3.05, 3.63) is 90.1 Å². The number of aromatic nitrogens is 1. The van der Waals surface area contributed by atoms with Gasteiger partial charge in [0, 0.05) is 17.7 Å². The minimum Gasteiger partial charge on any atom is -0.205 e. The zero-order valence-electron chi connectivity index (χ0n) is 11.9. The molecule has 0 saturated carbocycles. The predicted molar refractivity (Wildman–Crippen MR) is 86.1 cm³/mol. The highest BCUT2D eigenvalue weighted by Crippen LogP contribution is 2.16. The summed E-state index contributed by atoms with van der Waals surface area (Å²) in [6.07, 6.45) is 4.00. The molecule has 0 unspecified atom stereocenters. The second kappa shape index (κ2) is 6.23. The highest BCUT2D eigenvalue weighted by Gasteiger charge is 2.11. The first-order valence-corrected chi connectivity index (χ1v) is 7.22. The molecule has 1 aromatic heterocycles. The standard InChI is InChI=1S/C19H19N2/c20-21-14-13-17(12-11-16-7-3-1-4-8-16)15-19(21)18-9-5-2-6-10-18/h1-10,13-15H,11-12,20H2/q+1. The van der Waals surface area contributed by atoms with Crippen LogP contribution in [0.5, 0.6) is 0 Å². The number of pyridine rings is 1. The predicted octanol–water partition coefficient (Wildman–Crippen LogP) is 3.14. The Bertz CT molecular complexity index is 706. The van der Waals surface area contributed by atoms with Crippen molar-refractivity contribution >= 4 is 0 Å². The molecule has 0 saturated heterocycles. The number of nitrogens with two attached hydrogens (primary N) is 1. The van der Waals surface area contributed by atoms with Crippen LogP contribution in [0.15, 0.2) is 79.0 Å². The molecule has 0 radical (unpaired) electrons. The Morgan fingerprint density at radius 2 is 1.33 bits per heavy atom. The first kappa shape index (κ1) is 13.4. The molecular weight excluding hydrogens is 256 g/mol. The molecule has 2 heteroatoms. The van der Waals surface area contributed by atoms with Gasteiger partial charge in [0.2, 0.25) is 5.69 Å². The maximum Gasteiger partial charge on any atom is 0.242 e. The fourth-order valence-corrected chi connectivity index (χ4v) is 2.48. The van der Waals surface area contributed by atoms with Gasteiger partial charge in [-0.05, 0) is 36.1 Å². The molecule has 0 bridgehead atoms. The lowest BCUT2D eigenvalue weighted by molar-refractivity contribution is -0.627. The van der Waals surface area contributed by atoms with E-state index in [0.717, 1.165) is 24.1 Å². The first-order valence-electron chi connectivity index (χ1n) is 7.22. The lowest BCUT2D eigenvalue weighted by Crippen LogP contribution is -2.46. The minimum atomic E-state index is 1.02. The van der Waals surface area contributed by atoms with Crippen molar-refractivity contribution in [3.63, 3.8) is 0 Å². The number of nitrogens with zero attached hydrogens (tertiary/aromatic N) is 1. The van der Waals surface area contributed by atoms with Gasteiger partial charge < -0.3 is 0 Å². The van der Waals surface area contributed by atoms with Crippen molar-refractivity contribution < 1.29 is 4.68 Å². The Morgan fingerprint density at radius 3 is 2.05 bits per heavy atom. The Balaban J connectivity index is 1.81. The lowest BCUT2D eigenvalue weighted by Gasteiger charge is -2.04. The third kappa shape index (κ3) is 3.29. The van der Waals surface area contributed by atoms with Crippen LogP contribution in [0.25, 0.3) is 11.3 Å². The van der Waals surface area contributed by atoms with Gasteiger partial charge in [0.15, 0.2) is 6.20 Å². The molecule has 2 N–H and O–H groups in total. The molecule has 1 heterocycles. The number of benzene rings is 2. The second-order valence-corrected chi connectivity index (χ2v) is 5.18. The van der Waals surface area contributed by atoms with Gasteiger partial charge in [-0.1, -0.05) is 53.2 Å². The highest BCUT2D eigenvalue weighted by atomic mass is 15.3. The van der Waals surface area contributed by atoms with Crippen LogP contribution in [0, 0.1) is 0 Å². The van der Waals surface area contributed by atoms with E-state index in [1.54, 1.807) is 4.68 Å². The minimum absolute atomic E-state index is 1.02. The normalized spacial score (nSPS) is 10.5. The van der Waals surface area contributed by atoms with Crippen LogP contribution >= 0.6 is 0 Å². The van der Waals surface area contributed by atoms with Crippen molar-refractivity contribution in [2.24, 2.45) is 0 Å². The van der Waals surface area contributed by atoms with Gasteiger partial charge in [0.05, 0.1) is 0 Å². The Kier molecular flexibility index (Phi) is 3.97. The summed E-state index contributed by atoms with van der Waals surface area (Å²) in [6.45, 7) is 0. The Hall–Kier alpha value is -2.61. The highest BCUT2D eigenvalue weighted by molar-refractivity contribution is 5.56. The van der Waals surface area contributed by atoms with Gasteiger partial charge in [0.25, 0.3) is 0 Å². The molecule has 0 aliphatic heterocycles. The van der Waals surface area contributed by atoms with Crippen molar-refractivity contribution in [3.8, 4) is 11.3 Å². The third-order valence-electron chi connectivity index (χ3n) is 3.66. The average Bonchev–Trinajstić information content (AvgIpc) is 2.56. The molecule has 2 aromatic carbocycles. The van der Waals surface area contributed by atoms with Crippen LogP contribution < -0.4 is 10.5 Å². The molecule has 2 nitrogen and oxygen atoms in total. The topological polar surface area (TPSA) is 29.9 Å². The van der Waals surface area contributed by atoms with E-state index in [-0.39, 0.29) is 0 Å². The summed E-state index contributed by atoms with van der Waals surface area (Å²) in [4.78, 5) is 0. The van der Waals surface area contributed by atoms with Gasteiger partial charge in [-0.3, -0.25) is 0 Å². The molecule has 104 valence electrons. The van der Waals surface area contributed by atoms with Gasteiger partial charge in [-0.25, -0.2) is 5.84 Å². The number of hydrogen-bond donors (Lipinski definition) is 1. The molecule has 0 fully saturated rings. The number of hydrogen-bond acceptors (Lipinski definition) is 1. The van der Waals surface area contributed by atoms with Gasteiger partial charge in [-0.15, -0.1) is 0 Å². The zero-order chi connectivity index (χ0) is 14.5. The van der Waals surface area contributed by atoms with Gasteiger partial charge in [-0.2, -0.15) is 0 Å². The van der Waals surface area contributed by atoms with Crippen molar-refractivity contribution in [2.45, 2.75) is 12.8 Å². The van der Waals surface area contributed by atoms with E-state index in [1.807, 2.05) is 24.4 Å². The largest absolute Gasteiger partial charge is 0.242 e. The molecule has 21 heavy (non-hydrogen) atoms. The van der Waals surface area contributed by atoms with E-state index in [9.17, 15) is 0 Å². The molecule has 0 spiro atoms. The van der Waals surface area contributed by atoms with Crippen LogP contribution in [0.1, 0.15) is 11.1 Å². The number of nitrogen functional groups attached to an aromatic ring is 1. The molecule has 0 atom stereocenters. The summed E-state index contributed by atoms with van der Waals surface area (Å²) in [7, 11) is 0. The number of aryl methyl sites for hydroxylation is 2. The third-order valence-corrected chi connectivity index (χ3v) is 3.66. The second-order valence-electron chi connectivity index (χ2n) is 5.18.